The lowest BCUT2D eigenvalue weighted by Crippen LogP contribution is -2.48. The van der Waals surface area contributed by atoms with Gasteiger partial charge in [-0.3, -0.25) is 0 Å². The minimum atomic E-state index is 0.340. The van der Waals surface area contributed by atoms with E-state index in [2.05, 4.69) is 23.1 Å². The second kappa shape index (κ2) is 4.67. The quantitative estimate of drug-likeness (QED) is 0.845. The number of fused-ring (bicyclic) bond motifs is 1. The van der Waals surface area contributed by atoms with Crippen molar-refractivity contribution in [1.29, 1.82) is 0 Å². The molecule has 92 valence electrons. The second-order valence-corrected chi connectivity index (χ2v) is 5.10. The number of hydrogen-bond acceptors (Lipinski definition) is 3. The molecule has 1 aromatic rings. The number of rotatable bonds is 4. The van der Waals surface area contributed by atoms with Crippen LogP contribution in [0.1, 0.15) is 11.1 Å². The molecule has 3 heteroatoms. The van der Waals surface area contributed by atoms with E-state index >= 15 is 0 Å². The molecule has 2 aliphatic rings. The van der Waals surface area contributed by atoms with E-state index < -0.39 is 0 Å². The highest BCUT2D eigenvalue weighted by Crippen LogP contribution is 2.26. The molecular formula is C14H19NO2. The Kier molecular flexibility index (Phi) is 3.04. The minimum absolute atomic E-state index is 0.340. The molecule has 17 heavy (non-hydrogen) atoms. The van der Waals surface area contributed by atoms with Crippen LogP contribution >= 0.6 is 0 Å². The first kappa shape index (κ1) is 11.1. The Hall–Kier alpha value is -1.06. The summed E-state index contributed by atoms with van der Waals surface area (Å²) >= 11 is 0. The lowest BCUT2D eigenvalue weighted by Gasteiger charge is -2.38. The fraction of sp³-hybridized carbons (Fsp3) is 0.571. The topological polar surface area (TPSA) is 32.7 Å². The first-order valence-corrected chi connectivity index (χ1v) is 6.43. The Morgan fingerprint density at radius 3 is 3.06 bits per heavy atom. The van der Waals surface area contributed by atoms with Crippen molar-refractivity contribution in [2.24, 2.45) is 5.92 Å². The van der Waals surface area contributed by atoms with Crippen LogP contribution in [0, 0.1) is 5.92 Å². The molecule has 0 amide bonds. The molecule has 1 fully saturated rings. The number of aliphatic hydroxyl groups excluding tert-OH is 1. The van der Waals surface area contributed by atoms with E-state index in [1.807, 2.05) is 0 Å². The number of hydrogen-bond donors (Lipinski definition) is 1. The van der Waals surface area contributed by atoms with Gasteiger partial charge in [0.2, 0.25) is 0 Å². The molecule has 2 heterocycles. The van der Waals surface area contributed by atoms with Gasteiger partial charge >= 0.3 is 0 Å². The zero-order valence-electron chi connectivity index (χ0n) is 10.1. The molecular weight excluding hydrogens is 214 g/mol. The van der Waals surface area contributed by atoms with Gasteiger partial charge in [0, 0.05) is 38.6 Å². The van der Waals surface area contributed by atoms with Crippen molar-refractivity contribution in [1.82, 2.24) is 4.90 Å². The lowest BCUT2D eigenvalue weighted by molar-refractivity contribution is 0.0551. The molecule has 0 atom stereocenters. The summed E-state index contributed by atoms with van der Waals surface area (Å²) in [6, 6.07) is 6.56. The van der Waals surface area contributed by atoms with Crippen molar-refractivity contribution >= 4 is 0 Å². The highest BCUT2D eigenvalue weighted by Gasteiger charge is 2.25. The summed E-state index contributed by atoms with van der Waals surface area (Å²) in [4.78, 5) is 2.41. The monoisotopic (exact) mass is 233 g/mol. The molecule has 1 N–H and O–H groups in total. The van der Waals surface area contributed by atoms with Gasteiger partial charge in [-0.1, -0.05) is 12.1 Å². The number of aliphatic hydroxyl groups is 1. The van der Waals surface area contributed by atoms with Crippen LogP contribution in [0.2, 0.25) is 0 Å². The number of likely N-dealkylation sites (tertiary alicyclic amines) is 1. The molecule has 0 spiro atoms. The SMILES string of the molecule is OCC1CN(CCc2ccc3c(c2)CCO3)C1. The third-order valence-corrected chi connectivity index (χ3v) is 3.76. The fourth-order valence-corrected chi connectivity index (χ4v) is 2.66. The molecule has 0 aliphatic carbocycles. The van der Waals surface area contributed by atoms with E-state index in [4.69, 9.17) is 9.84 Å². The van der Waals surface area contributed by atoms with E-state index in [1.54, 1.807) is 0 Å². The van der Waals surface area contributed by atoms with E-state index in [-0.39, 0.29) is 0 Å². The molecule has 1 aromatic carbocycles. The van der Waals surface area contributed by atoms with Gasteiger partial charge in [0.1, 0.15) is 5.75 Å². The molecule has 3 nitrogen and oxygen atoms in total. The Morgan fingerprint density at radius 1 is 1.35 bits per heavy atom. The number of nitrogens with zero attached hydrogens (tertiary/aromatic N) is 1. The smallest absolute Gasteiger partial charge is 0.122 e. The van der Waals surface area contributed by atoms with Crippen molar-refractivity contribution in [2.75, 3.05) is 32.8 Å². The van der Waals surface area contributed by atoms with Gasteiger partial charge in [-0.15, -0.1) is 0 Å². The van der Waals surface area contributed by atoms with E-state index in [1.165, 1.54) is 11.1 Å². The molecule has 0 saturated carbocycles. The van der Waals surface area contributed by atoms with Gasteiger partial charge in [-0.05, 0) is 23.6 Å². The first-order valence-electron chi connectivity index (χ1n) is 6.43. The van der Waals surface area contributed by atoms with Gasteiger partial charge in [0.25, 0.3) is 0 Å². The molecule has 0 aromatic heterocycles. The van der Waals surface area contributed by atoms with Crippen molar-refractivity contribution in [2.45, 2.75) is 12.8 Å². The minimum Gasteiger partial charge on any atom is -0.493 e. The Labute approximate surface area is 102 Å². The van der Waals surface area contributed by atoms with Gasteiger partial charge in [0.05, 0.1) is 6.61 Å². The summed E-state index contributed by atoms with van der Waals surface area (Å²) < 4.78 is 5.50. The van der Waals surface area contributed by atoms with Crippen LogP contribution in [0.15, 0.2) is 18.2 Å². The van der Waals surface area contributed by atoms with Gasteiger partial charge in [0.15, 0.2) is 0 Å². The summed E-state index contributed by atoms with van der Waals surface area (Å²) in [6.45, 7) is 4.40. The lowest BCUT2D eigenvalue weighted by atomic mass is 10.00. The average Bonchev–Trinajstić information content (AvgIpc) is 2.74. The highest BCUT2D eigenvalue weighted by molar-refractivity contribution is 5.39. The van der Waals surface area contributed by atoms with Crippen LogP contribution in [0.25, 0.3) is 0 Å². The second-order valence-electron chi connectivity index (χ2n) is 5.10. The molecule has 2 aliphatic heterocycles. The average molecular weight is 233 g/mol. The van der Waals surface area contributed by atoms with Crippen LogP contribution in [0.4, 0.5) is 0 Å². The van der Waals surface area contributed by atoms with Crippen LogP contribution in [0.5, 0.6) is 5.75 Å². The summed E-state index contributed by atoms with van der Waals surface area (Å²) in [5, 5.41) is 8.95. The highest BCUT2D eigenvalue weighted by atomic mass is 16.5. The van der Waals surface area contributed by atoms with Crippen LogP contribution in [-0.4, -0.2) is 42.9 Å². The fourth-order valence-electron chi connectivity index (χ4n) is 2.66. The number of ether oxygens (including phenoxy) is 1. The van der Waals surface area contributed by atoms with Crippen molar-refractivity contribution in [3.05, 3.63) is 29.3 Å². The third-order valence-electron chi connectivity index (χ3n) is 3.76. The van der Waals surface area contributed by atoms with Gasteiger partial charge < -0.3 is 14.7 Å². The molecule has 0 unspecified atom stereocenters. The Morgan fingerprint density at radius 2 is 2.24 bits per heavy atom. The first-order chi connectivity index (χ1) is 8.35. The summed E-state index contributed by atoms with van der Waals surface area (Å²) in [7, 11) is 0. The van der Waals surface area contributed by atoms with E-state index in [0.717, 1.165) is 44.8 Å². The van der Waals surface area contributed by atoms with Gasteiger partial charge in [-0.25, -0.2) is 0 Å². The van der Waals surface area contributed by atoms with Gasteiger partial charge in [-0.2, -0.15) is 0 Å². The van der Waals surface area contributed by atoms with E-state index in [9.17, 15) is 0 Å². The zero-order chi connectivity index (χ0) is 11.7. The maximum Gasteiger partial charge on any atom is 0.122 e. The molecule has 3 rings (SSSR count). The van der Waals surface area contributed by atoms with Crippen molar-refractivity contribution < 1.29 is 9.84 Å². The third kappa shape index (κ3) is 2.31. The maximum atomic E-state index is 8.95. The summed E-state index contributed by atoms with van der Waals surface area (Å²) in [5.41, 5.74) is 2.76. The summed E-state index contributed by atoms with van der Waals surface area (Å²) in [5.74, 6) is 1.58. The molecule has 0 radical (unpaired) electrons. The zero-order valence-corrected chi connectivity index (χ0v) is 10.1. The standard InChI is InChI=1S/C14H19NO2/c16-10-12-8-15(9-12)5-3-11-1-2-14-13(7-11)4-6-17-14/h1-2,7,12,16H,3-6,8-10H2. The predicted molar refractivity (Wildman–Crippen MR) is 66.4 cm³/mol. The van der Waals surface area contributed by atoms with Crippen LogP contribution in [0.3, 0.4) is 0 Å². The maximum absolute atomic E-state index is 8.95. The number of benzene rings is 1. The normalized spacial score (nSPS) is 19.8. The van der Waals surface area contributed by atoms with Crippen LogP contribution < -0.4 is 4.74 Å². The van der Waals surface area contributed by atoms with Crippen molar-refractivity contribution in [3.63, 3.8) is 0 Å². The Balaban J connectivity index is 1.52. The Bertz CT molecular complexity index is 399. The predicted octanol–water partition coefficient (Wildman–Crippen LogP) is 1.09. The largest absolute Gasteiger partial charge is 0.493 e. The van der Waals surface area contributed by atoms with E-state index in [0.29, 0.717) is 12.5 Å². The summed E-state index contributed by atoms with van der Waals surface area (Å²) in [6.07, 6.45) is 2.16. The van der Waals surface area contributed by atoms with Crippen LogP contribution in [-0.2, 0) is 12.8 Å². The molecule has 1 saturated heterocycles. The van der Waals surface area contributed by atoms with Crippen molar-refractivity contribution in [3.8, 4) is 5.75 Å². The molecule has 0 bridgehead atoms.